The van der Waals surface area contributed by atoms with Crippen molar-refractivity contribution in [3.63, 3.8) is 0 Å². The molecule has 11 heteroatoms. The van der Waals surface area contributed by atoms with Crippen molar-refractivity contribution in [1.82, 2.24) is 14.9 Å². The maximum atomic E-state index is 13.6. The van der Waals surface area contributed by atoms with Crippen molar-refractivity contribution in [3.8, 4) is 11.4 Å². The fourth-order valence-electron chi connectivity index (χ4n) is 4.50. The molecule has 1 saturated carbocycles. The van der Waals surface area contributed by atoms with Gasteiger partial charge in [-0.15, -0.1) is 0 Å². The Balaban J connectivity index is 1.58. The number of hydrogen-bond donors (Lipinski definition) is 5. The van der Waals surface area contributed by atoms with E-state index in [0.717, 1.165) is 18.4 Å². The van der Waals surface area contributed by atoms with Crippen LogP contribution < -0.4 is 11.1 Å². The van der Waals surface area contributed by atoms with Gasteiger partial charge < -0.3 is 30.9 Å². The predicted octanol–water partition coefficient (Wildman–Crippen LogP) is 2.57. The Morgan fingerprint density at radius 1 is 1.05 bits per heavy atom. The van der Waals surface area contributed by atoms with Gasteiger partial charge in [-0.1, -0.05) is 12.1 Å². The molecule has 6 N–H and O–H groups in total. The standard InChI is InChI=1S/C28H31FN4O6/c29-20-9-7-19(8-10-20)27-32-24(28(39)31-15-16-1-3-18(4-2-16)26(30)38)25(17-5-6-17)33(27)12-11-21(34)13-22(35)14-23(36)37/h1-4,7-10,17,21-22,34-35H,5-6,11-15H2,(H2,30,38)(H,31,39)(H,36,37)/t21-,22-/m1/s1. The molecule has 4 rings (SSSR count). The summed E-state index contributed by atoms with van der Waals surface area (Å²) in [5, 5.41) is 32.1. The molecule has 0 unspecified atom stereocenters. The maximum Gasteiger partial charge on any atom is 0.305 e. The van der Waals surface area contributed by atoms with E-state index in [1.54, 1.807) is 36.4 Å². The Hall–Kier alpha value is -4.09. The molecule has 1 aliphatic rings. The second kappa shape index (κ2) is 12.2. The summed E-state index contributed by atoms with van der Waals surface area (Å²) < 4.78 is 15.5. The number of aliphatic hydroxyl groups is 2. The Morgan fingerprint density at radius 3 is 2.31 bits per heavy atom. The van der Waals surface area contributed by atoms with Gasteiger partial charge in [0.1, 0.15) is 17.3 Å². The molecule has 3 aromatic rings. The van der Waals surface area contributed by atoms with E-state index in [1.165, 1.54) is 12.1 Å². The highest BCUT2D eigenvalue weighted by molar-refractivity contribution is 5.95. The third kappa shape index (κ3) is 7.27. The van der Waals surface area contributed by atoms with E-state index in [-0.39, 0.29) is 37.5 Å². The van der Waals surface area contributed by atoms with E-state index in [9.17, 15) is 29.0 Å². The van der Waals surface area contributed by atoms with Crippen LogP contribution >= 0.6 is 0 Å². The summed E-state index contributed by atoms with van der Waals surface area (Å²) in [4.78, 5) is 40.1. The first-order chi connectivity index (χ1) is 18.6. The number of nitrogens with two attached hydrogens (primary N) is 1. The first-order valence-corrected chi connectivity index (χ1v) is 12.7. The number of carboxylic acid groups (broad SMARTS) is 1. The molecule has 2 amide bonds. The molecule has 1 heterocycles. The summed E-state index contributed by atoms with van der Waals surface area (Å²) in [6, 6.07) is 12.3. The van der Waals surface area contributed by atoms with Crippen LogP contribution in [-0.4, -0.2) is 54.9 Å². The number of aliphatic carboxylic acids is 1. The molecule has 0 saturated heterocycles. The lowest BCUT2D eigenvalue weighted by atomic mass is 10.1. The van der Waals surface area contributed by atoms with E-state index in [1.807, 2.05) is 4.57 Å². The number of benzene rings is 2. The van der Waals surface area contributed by atoms with Crippen LogP contribution in [-0.2, 0) is 17.9 Å². The molecule has 206 valence electrons. The monoisotopic (exact) mass is 538 g/mol. The van der Waals surface area contributed by atoms with Crippen LogP contribution in [0.5, 0.6) is 0 Å². The minimum atomic E-state index is -1.18. The van der Waals surface area contributed by atoms with E-state index in [4.69, 9.17) is 10.8 Å². The molecule has 10 nitrogen and oxygen atoms in total. The fourth-order valence-corrected chi connectivity index (χ4v) is 4.50. The molecular weight excluding hydrogens is 507 g/mol. The number of imidazole rings is 1. The smallest absolute Gasteiger partial charge is 0.305 e. The lowest BCUT2D eigenvalue weighted by Gasteiger charge is -2.17. The number of amides is 2. The number of hydrogen-bond acceptors (Lipinski definition) is 6. The van der Waals surface area contributed by atoms with Gasteiger partial charge in [0.05, 0.1) is 24.3 Å². The first-order valence-electron chi connectivity index (χ1n) is 12.7. The topological polar surface area (TPSA) is 168 Å². The molecule has 2 atom stereocenters. The minimum absolute atomic E-state index is 0.0945. The quantitative estimate of drug-likeness (QED) is 0.223. The molecule has 0 bridgehead atoms. The van der Waals surface area contributed by atoms with Crippen molar-refractivity contribution in [1.29, 1.82) is 0 Å². The van der Waals surface area contributed by atoms with E-state index in [0.29, 0.717) is 22.6 Å². The minimum Gasteiger partial charge on any atom is -0.481 e. The lowest BCUT2D eigenvalue weighted by molar-refractivity contribution is -0.139. The zero-order chi connectivity index (χ0) is 28.1. The summed E-state index contributed by atoms with van der Waals surface area (Å²) in [7, 11) is 0. The van der Waals surface area contributed by atoms with Crippen LogP contribution in [0.3, 0.4) is 0 Å². The van der Waals surface area contributed by atoms with Crippen molar-refractivity contribution in [2.75, 3.05) is 0 Å². The Kier molecular flexibility index (Phi) is 8.72. The number of carbonyl (C=O) groups is 3. The highest BCUT2D eigenvalue weighted by Crippen LogP contribution is 2.43. The second-order valence-corrected chi connectivity index (χ2v) is 9.78. The molecule has 0 spiro atoms. The van der Waals surface area contributed by atoms with Crippen LogP contribution in [0.15, 0.2) is 48.5 Å². The lowest BCUT2D eigenvalue weighted by Crippen LogP contribution is -2.25. The highest BCUT2D eigenvalue weighted by Gasteiger charge is 2.35. The number of nitrogens with one attached hydrogen (secondary N) is 1. The number of aliphatic hydroxyl groups excluding tert-OH is 2. The predicted molar refractivity (Wildman–Crippen MR) is 139 cm³/mol. The van der Waals surface area contributed by atoms with E-state index < -0.39 is 42.2 Å². The number of rotatable bonds is 13. The Labute approximate surface area is 224 Å². The van der Waals surface area contributed by atoms with Crippen molar-refractivity contribution < 1.29 is 34.1 Å². The third-order valence-electron chi connectivity index (χ3n) is 6.62. The van der Waals surface area contributed by atoms with Crippen molar-refractivity contribution in [3.05, 3.63) is 76.9 Å². The van der Waals surface area contributed by atoms with Gasteiger partial charge >= 0.3 is 5.97 Å². The van der Waals surface area contributed by atoms with Gasteiger partial charge in [-0.3, -0.25) is 14.4 Å². The number of halogens is 1. The van der Waals surface area contributed by atoms with Crippen molar-refractivity contribution in [2.45, 2.75) is 63.3 Å². The van der Waals surface area contributed by atoms with Gasteiger partial charge in [0.2, 0.25) is 5.91 Å². The summed E-state index contributed by atoms with van der Waals surface area (Å²) in [6.45, 7) is 0.454. The van der Waals surface area contributed by atoms with Gasteiger partial charge in [-0.2, -0.15) is 0 Å². The number of nitrogens with zero attached hydrogens (tertiary/aromatic N) is 2. The summed E-state index contributed by atoms with van der Waals surface area (Å²) in [5.41, 5.74) is 7.96. The zero-order valence-corrected chi connectivity index (χ0v) is 21.2. The van der Waals surface area contributed by atoms with Crippen LogP contribution in [0.1, 0.15) is 70.1 Å². The molecule has 1 aliphatic carbocycles. The molecule has 0 aliphatic heterocycles. The average molecular weight is 539 g/mol. The first kappa shape index (κ1) is 27.9. The van der Waals surface area contributed by atoms with Gasteiger partial charge in [0, 0.05) is 30.1 Å². The van der Waals surface area contributed by atoms with Crippen LogP contribution in [0.25, 0.3) is 11.4 Å². The highest BCUT2D eigenvalue weighted by atomic mass is 19.1. The van der Waals surface area contributed by atoms with Gasteiger partial charge in [-0.05, 0) is 67.6 Å². The normalized spacial score (nSPS) is 14.5. The molecule has 1 fully saturated rings. The fraction of sp³-hybridized carbons (Fsp3) is 0.357. The third-order valence-corrected chi connectivity index (χ3v) is 6.62. The molecule has 39 heavy (non-hydrogen) atoms. The van der Waals surface area contributed by atoms with Crippen LogP contribution in [0.2, 0.25) is 0 Å². The number of aromatic nitrogens is 2. The molecule has 0 radical (unpaired) electrons. The van der Waals surface area contributed by atoms with Crippen molar-refractivity contribution in [2.24, 2.45) is 5.73 Å². The summed E-state index contributed by atoms with van der Waals surface area (Å²) in [6.07, 6.45) is -0.811. The summed E-state index contributed by atoms with van der Waals surface area (Å²) in [5.74, 6) is -1.96. The Bertz CT molecular complexity index is 1340. The molecule has 2 aromatic carbocycles. The number of carboxylic acids is 1. The maximum absolute atomic E-state index is 13.6. The largest absolute Gasteiger partial charge is 0.481 e. The van der Waals surface area contributed by atoms with Crippen LogP contribution in [0, 0.1) is 5.82 Å². The van der Waals surface area contributed by atoms with Gasteiger partial charge in [-0.25, -0.2) is 9.37 Å². The van der Waals surface area contributed by atoms with Gasteiger partial charge in [0.15, 0.2) is 0 Å². The van der Waals surface area contributed by atoms with E-state index >= 15 is 0 Å². The molecule has 1 aromatic heterocycles. The van der Waals surface area contributed by atoms with E-state index in [2.05, 4.69) is 10.3 Å². The SMILES string of the molecule is NC(=O)c1ccc(CNC(=O)c2nc(-c3ccc(F)cc3)n(CC[C@@H](O)C[C@@H](O)CC(=O)O)c2C2CC2)cc1. The summed E-state index contributed by atoms with van der Waals surface area (Å²) >= 11 is 0. The zero-order valence-electron chi connectivity index (χ0n) is 21.2. The van der Waals surface area contributed by atoms with Gasteiger partial charge in [0.25, 0.3) is 5.91 Å². The second-order valence-electron chi connectivity index (χ2n) is 9.78. The van der Waals surface area contributed by atoms with Crippen LogP contribution in [0.4, 0.5) is 4.39 Å². The molecular formula is C28H31FN4O6. The average Bonchev–Trinajstić information content (AvgIpc) is 3.66. The van der Waals surface area contributed by atoms with Crippen molar-refractivity contribution >= 4 is 17.8 Å². The number of carbonyl (C=O) groups excluding carboxylic acids is 2. The number of primary amides is 1. The Morgan fingerprint density at radius 2 is 1.72 bits per heavy atom.